The van der Waals surface area contributed by atoms with E-state index in [1.54, 1.807) is 31.2 Å². The van der Waals surface area contributed by atoms with Crippen molar-refractivity contribution in [3.8, 4) is 6.01 Å². The van der Waals surface area contributed by atoms with Crippen molar-refractivity contribution in [1.29, 1.82) is 0 Å². The van der Waals surface area contributed by atoms with Crippen LogP contribution in [0.3, 0.4) is 0 Å². The predicted molar refractivity (Wildman–Crippen MR) is 108 cm³/mol. The zero-order valence-corrected chi connectivity index (χ0v) is 16.6. The first-order chi connectivity index (χ1) is 14.2. The smallest absolute Gasteiger partial charge is 0.320 e. The first-order valence-electron chi connectivity index (χ1n) is 8.83. The monoisotopic (exact) mass is 434 g/mol. The molecule has 1 atom stereocenters. The average Bonchev–Trinajstić information content (AvgIpc) is 2.69. The van der Waals surface area contributed by atoms with Crippen molar-refractivity contribution in [2.24, 2.45) is 11.7 Å². The Kier molecular flexibility index (Phi) is 6.45. The van der Waals surface area contributed by atoms with Crippen molar-refractivity contribution in [2.75, 3.05) is 11.9 Å². The van der Waals surface area contributed by atoms with E-state index in [4.69, 9.17) is 22.1 Å². The molecule has 3 rings (SSSR count). The third kappa shape index (κ3) is 5.00. The standard InChI is InChI=1S/C18H19ClN6O5/c1-8(17(28)29)6-21-14-12-15(23-16(27)11(22-12)13(20)26)25-18(24-14)30-7-9-3-2-4-10(19)5-9/h2-5,8,17,28-29H,6-7H2,1H3,(H2,20,26)(H2,21,23,24,25,27). The summed E-state index contributed by atoms with van der Waals surface area (Å²) in [4.78, 5) is 38.2. The van der Waals surface area contributed by atoms with Gasteiger partial charge < -0.3 is 31.0 Å². The maximum atomic E-state index is 12.0. The third-order valence-electron chi connectivity index (χ3n) is 4.12. The summed E-state index contributed by atoms with van der Waals surface area (Å²) in [6, 6.07) is 6.94. The van der Waals surface area contributed by atoms with Gasteiger partial charge in [-0.25, -0.2) is 4.98 Å². The summed E-state index contributed by atoms with van der Waals surface area (Å²) < 4.78 is 5.61. The van der Waals surface area contributed by atoms with Crippen LogP contribution in [0, 0.1) is 5.92 Å². The van der Waals surface area contributed by atoms with E-state index in [1.807, 2.05) is 0 Å². The van der Waals surface area contributed by atoms with E-state index in [9.17, 15) is 19.8 Å². The van der Waals surface area contributed by atoms with Gasteiger partial charge >= 0.3 is 6.01 Å². The van der Waals surface area contributed by atoms with Crippen LogP contribution in [0.25, 0.3) is 11.2 Å². The number of primary amides is 1. The van der Waals surface area contributed by atoms with Crippen molar-refractivity contribution >= 4 is 34.5 Å². The van der Waals surface area contributed by atoms with E-state index in [0.29, 0.717) is 5.02 Å². The lowest BCUT2D eigenvalue weighted by molar-refractivity contribution is -0.0745. The molecule has 158 valence electrons. The van der Waals surface area contributed by atoms with Gasteiger partial charge in [-0.1, -0.05) is 30.7 Å². The average molecular weight is 435 g/mol. The van der Waals surface area contributed by atoms with Gasteiger partial charge in [0.25, 0.3) is 11.5 Å². The van der Waals surface area contributed by atoms with E-state index in [-0.39, 0.29) is 36.1 Å². The lowest BCUT2D eigenvalue weighted by Gasteiger charge is -2.16. The van der Waals surface area contributed by atoms with Crippen LogP contribution in [0.15, 0.2) is 29.1 Å². The molecule has 0 saturated heterocycles. The Labute approximate surface area is 174 Å². The molecule has 30 heavy (non-hydrogen) atoms. The van der Waals surface area contributed by atoms with Crippen molar-refractivity contribution in [3.05, 3.63) is 50.9 Å². The number of hydrogen-bond donors (Lipinski definition) is 5. The number of carbonyl (C=O) groups excluding carboxylic acids is 1. The van der Waals surface area contributed by atoms with Crippen LogP contribution >= 0.6 is 11.6 Å². The number of halogens is 1. The Morgan fingerprint density at radius 1 is 1.33 bits per heavy atom. The molecule has 3 aromatic rings. The maximum Gasteiger partial charge on any atom is 0.320 e. The van der Waals surface area contributed by atoms with Crippen molar-refractivity contribution in [1.82, 2.24) is 19.9 Å². The van der Waals surface area contributed by atoms with Crippen LogP contribution in [0.2, 0.25) is 5.02 Å². The zero-order chi connectivity index (χ0) is 21.8. The Morgan fingerprint density at radius 2 is 2.10 bits per heavy atom. The quantitative estimate of drug-likeness (QED) is 0.314. The summed E-state index contributed by atoms with van der Waals surface area (Å²) in [7, 11) is 0. The van der Waals surface area contributed by atoms with Gasteiger partial charge in [-0.3, -0.25) is 9.59 Å². The van der Waals surface area contributed by atoms with Crippen LogP contribution in [0.5, 0.6) is 6.01 Å². The predicted octanol–water partition coefficient (Wildman–Crippen LogP) is 0.403. The molecule has 1 aromatic carbocycles. The van der Waals surface area contributed by atoms with E-state index in [2.05, 4.69) is 25.3 Å². The molecule has 1 unspecified atom stereocenters. The molecule has 1 amide bonds. The van der Waals surface area contributed by atoms with Gasteiger partial charge in [0.05, 0.1) is 0 Å². The number of carbonyl (C=O) groups is 1. The second-order valence-corrected chi connectivity index (χ2v) is 6.96. The number of aromatic nitrogens is 4. The summed E-state index contributed by atoms with van der Waals surface area (Å²) >= 11 is 5.96. The lowest BCUT2D eigenvalue weighted by atomic mass is 10.2. The Bertz CT molecular complexity index is 1140. The number of rotatable bonds is 8. The van der Waals surface area contributed by atoms with Gasteiger partial charge in [0.1, 0.15) is 12.1 Å². The minimum atomic E-state index is -1.56. The highest BCUT2D eigenvalue weighted by Gasteiger charge is 2.18. The molecule has 0 fully saturated rings. The summed E-state index contributed by atoms with van der Waals surface area (Å²) in [6.07, 6.45) is -1.56. The normalized spacial score (nSPS) is 12.2. The molecule has 0 bridgehead atoms. The minimum Gasteiger partial charge on any atom is -0.458 e. The maximum absolute atomic E-state index is 12.0. The van der Waals surface area contributed by atoms with Gasteiger partial charge in [-0.2, -0.15) is 9.97 Å². The molecule has 12 heteroatoms. The van der Waals surface area contributed by atoms with Gasteiger partial charge in [0.2, 0.25) is 0 Å². The molecule has 6 N–H and O–H groups in total. The molecule has 0 aliphatic rings. The molecule has 11 nitrogen and oxygen atoms in total. The first kappa shape index (κ1) is 21.4. The number of nitrogens with two attached hydrogens (primary N) is 1. The SMILES string of the molecule is CC(CNc1nc(OCc2cccc(Cl)c2)nc2[nH]c(=O)c(C(N)=O)nc12)C(O)O. The van der Waals surface area contributed by atoms with Crippen LogP contribution in [-0.4, -0.2) is 48.9 Å². The molecule has 0 aliphatic carbocycles. The summed E-state index contributed by atoms with van der Waals surface area (Å²) in [5.41, 5.74) is 4.73. The van der Waals surface area contributed by atoms with Gasteiger partial charge in [0, 0.05) is 17.5 Å². The molecule has 2 heterocycles. The molecule has 2 aromatic heterocycles. The first-order valence-corrected chi connectivity index (χ1v) is 9.21. The van der Waals surface area contributed by atoms with E-state index in [1.165, 1.54) is 0 Å². The molecule has 0 saturated carbocycles. The van der Waals surface area contributed by atoms with Gasteiger partial charge in [-0.15, -0.1) is 0 Å². The number of hydrogen-bond acceptors (Lipinski definition) is 9. The fourth-order valence-corrected chi connectivity index (χ4v) is 2.66. The molecular formula is C18H19ClN6O5. The Hall–Kier alpha value is -3.28. The number of benzene rings is 1. The Balaban J connectivity index is 1.98. The van der Waals surface area contributed by atoms with Gasteiger partial charge in [-0.05, 0) is 17.7 Å². The van der Waals surface area contributed by atoms with Crippen molar-refractivity contribution < 1.29 is 19.7 Å². The van der Waals surface area contributed by atoms with Crippen LogP contribution in [-0.2, 0) is 6.61 Å². The number of nitrogens with zero attached hydrogens (tertiary/aromatic N) is 3. The highest BCUT2D eigenvalue weighted by atomic mass is 35.5. The number of amides is 1. The molecule has 0 aliphatic heterocycles. The van der Waals surface area contributed by atoms with Gasteiger partial charge in [0.15, 0.2) is 23.4 Å². The summed E-state index contributed by atoms with van der Waals surface area (Å²) in [5.74, 6) is -1.44. The highest BCUT2D eigenvalue weighted by Crippen LogP contribution is 2.21. The van der Waals surface area contributed by atoms with E-state index >= 15 is 0 Å². The van der Waals surface area contributed by atoms with Crippen LogP contribution in [0.4, 0.5) is 5.82 Å². The lowest BCUT2D eigenvalue weighted by Crippen LogP contribution is -2.27. The minimum absolute atomic E-state index is 0.0146. The van der Waals surface area contributed by atoms with Crippen molar-refractivity contribution in [2.45, 2.75) is 19.8 Å². The number of aliphatic hydroxyl groups is 2. The van der Waals surface area contributed by atoms with E-state index < -0.39 is 29.4 Å². The number of fused-ring (bicyclic) bond motifs is 1. The second-order valence-electron chi connectivity index (χ2n) is 6.52. The van der Waals surface area contributed by atoms with Crippen LogP contribution in [0.1, 0.15) is 23.0 Å². The second kappa shape index (κ2) is 9.03. The Morgan fingerprint density at radius 3 is 2.77 bits per heavy atom. The fourth-order valence-electron chi connectivity index (χ4n) is 2.45. The summed E-state index contributed by atoms with van der Waals surface area (Å²) in [5, 5.41) is 22.0. The van der Waals surface area contributed by atoms with Crippen molar-refractivity contribution in [3.63, 3.8) is 0 Å². The largest absolute Gasteiger partial charge is 0.458 e. The summed E-state index contributed by atoms with van der Waals surface area (Å²) in [6.45, 7) is 1.81. The zero-order valence-electron chi connectivity index (χ0n) is 15.8. The topological polar surface area (TPSA) is 176 Å². The number of aromatic amines is 1. The van der Waals surface area contributed by atoms with Crippen LogP contribution < -0.4 is 21.3 Å². The number of anilines is 1. The molecule has 0 radical (unpaired) electrons. The molecule has 0 spiro atoms. The highest BCUT2D eigenvalue weighted by molar-refractivity contribution is 6.30. The fraction of sp³-hybridized carbons (Fsp3) is 0.278. The third-order valence-corrected chi connectivity index (χ3v) is 4.36. The number of H-pyrrole nitrogens is 1. The number of nitrogens with one attached hydrogen (secondary N) is 2. The number of ether oxygens (including phenoxy) is 1. The molecular weight excluding hydrogens is 416 g/mol. The van der Waals surface area contributed by atoms with E-state index in [0.717, 1.165) is 5.56 Å². The number of aliphatic hydroxyl groups excluding tert-OH is 1.